The highest BCUT2D eigenvalue weighted by Crippen LogP contribution is 2.20. The van der Waals surface area contributed by atoms with Crippen LogP contribution in [-0.2, 0) is 6.42 Å². The van der Waals surface area contributed by atoms with Gasteiger partial charge < -0.3 is 10.3 Å². The number of amides is 1. The lowest BCUT2D eigenvalue weighted by atomic mass is 10.2. The molecular weight excluding hydrogens is 274 g/mol. The molecule has 2 heterocycles. The van der Waals surface area contributed by atoms with Gasteiger partial charge in [0, 0.05) is 29.0 Å². The fourth-order valence-corrected chi connectivity index (χ4v) is 2.63. The van der Waals surface area contributed by atoms with Gasteiger partial charge in [-0.2, -0.15) is 0 Å². The molecule has 0 aliphatic carbocycles. The summed E-state index contributed by atoms with van der Waals surface area (Å²) in [7, 11) is 0. The SMILES string of the molecule is CCc1cnc(C(C)NC(=O)c2c[nH]c(C)cc2=O)s1. The molecule has 0 fully saturated rings. The summed E-state index contributed by atoms with van der Waals surface area (Å²) in [6, 6.07) is 1.20. The third kappa shape index (κ3) is 3.14. The average Bonchev–Trinajstić information content (AvgIpc) is 2.87. The Kier molecular flexibility index (Phi) is 4.34. The number of aromatic nitrogens is 2. The van der Waals surface area contributed by atoms with Gasteiger partial charge in [-0.1, -0.05) is 6.92 Å². The number of pyridine rings is 1. The molecule has 2 aromatic heterocycles. The van der Waals surface area contributed by atoms with E-state index in [-0.39, 0.29) is 22.9 Å². The highest BCUT2D eigenvalue weighted by Gasteiger charge is 2.16. The number of hydrogen-bond donors (Lipinski definition) is 2. The van der Waals surface area contributed by atoms with Crippen molar-refractivity contribution < 1.29 is 4.79 Å². The molecule has 0 saturated carbocycles. The van der Waals surface area contributed by atoms with E-state index in [4.69, 9.17) is 0 Å². The minimum absolute atomic E-state index is 0.120. The van der Waals surface area contributed by atoms with Crippen molar-refractivity contribution in [2.75, 3.05) is 0 Å². The van der Waals surface area contributed by atoms with Gasteiger partial charge >= 0.3 is 0 Å². The maximum atomic E-state index is 12.1. The van der Waals surface area contributed by atoms with Crippen molar-refractivity contribution in [1.29, 1.82) is 0 Å². The van der Waals surface area contributed by atoms with E-state index < -0.39 is 0 Å². The molecule has 20 heavy (non-hydrogen) atoms. The summed E-state index contributed by atoms with van der Waals surface area (Å²) in [5.41, 5.74) is 0.571. The van der Waals surface area contributed by atoms with Crippen molar-refractivity contribution in [3.8, 4) is 0 Å². The van der Waals surface area contributed by atoms with Gasteiger partial charge in [-0.15, -0.1) is 11.3 Å². The summed E-state index contributed by atoms with van der Waals surface area (Å²) in [6.07, 6.45) is 4.19. The molecule has 106 valence electrons. The second kappa shape index (κ2) is 6.00. The van der Waals surface area contributed by atoms with Crippen LogP contribution >= 0.6 is 11.3 Å². The first-order valence-electron chi connectivity index (χ1n) is 6.46. The highest BCUT2D eigenvalue weighted by molar-refractivity contribution is 7.11. The van der Waals surface area contributed by atoms with Crippen LogP contribution in [0.25, 0.3) is 0 Å². The van der Waals surface area contributed by atoms with Gasteiger partial charge in [0.05, 0.1) is 6.04 Å². The summed E-state index contributed by atoms with van der Waals surface area (Å²) in [5, 5.41) is 3.65. The first kappa shape index (κ1) is 14.5. The molecule has 1 amide bonds. The Morgan fingerprint density at radius 2 is 2.30 bits per heavy atom. The zero-order chi connectivity index (χ0) is 14.7. The molecule has 1 unspecified atom stereocenters. The molecule has 0 bridgehead atoms. The fourth-order valence-electron chi connectivity index (χ4n) is 1.77. The van der Waals surface area contributed by atoms with E-state index in [1.165, 1.54) is 17.1 Å². The Hall–Kier alpha value is -1.95. The molecule has 1 atom stereocenters. The number of carbonyl (C=O) groups is 1. The van der Waals surface area contributed by atoms with E-state index in [0.29, 0.717) is 0 Å². The largest absolute Gasteiger partial charge is 0.364 e. The number of nitrogens with one attached hydrogen (secondary N) is 2. The van der Waals surface area contributed by atoms with Crippen LogP contribution in [0.3, 0.4) is 0 Å². The monoisotopic (exact) mass is 291 g/mol. The molecule has 2 rings (SSSR count). The Morgan fingerprint density at radius 1 is 1.55 bits per heavy atom. The van der Waals surface area contributed by atoms with Gasteiger partial charge in [-0.25, -0.2) is 4.98 Å². The van der Waals surface area contributed by atoms with Gasteiger partial charge in [0.25, 0.3) is 5.91 Å². The van der Waals surface area contributed by atoms with Crippen LogP contribution in [0.4, 0.5) is 0 Å². The lowest BCUT2D eigenvalue weighted by molar-refractivity contribution is 0.0938. The van der Waals surface area contributed by atoms with Crippen LogP contribution in [0.15, 0.2) is 23.3 Å². The second-order valence-electron chi connectivity index (χ2n) is 4.61. The number of H-pyrrole nitrogens is 1. The molecule has 2 N–H and O–H groups in total. The van der Waals surface area contributed by atoms with Crippen molar-refractivity contribution in [2.24, 2.45) is 0 Å². The predicted molar refractivity (Wildman–Crippen MR) is 79.2 cm³/mol. The Labute approximate surface area is 121 Å². The van der Waals surface area contributed by atoms with E-state index >= 15 is 0 Å². The molecule has 6 heteroatoms. The van der Waals surface area contributed by atoms with Crippen molar-refractivity contribution >= 4 is 17.2 Å². The standard InChI is InChI=1S/C14H17N3O2S/c1-4-10-6-16-14(20-10)9(3)17-13(19)11-7-15-8(2)5-12(11)18/h5-7,9H,4H2,1-3H3,(H,15,18)(H,17,19). The molecule has 2 aromatic rings. The molecular formula is C14H17N3O2S. The van der Waals surface area contributed by atoms with E-state index in [9.17, 15) is 9.59 Å². The first-order valence-corrected chi connectivity index (χ1v) is 7.27. The molecule has 5 nitrogen and oxygen atoms in total. The van der Waals surface area contributed by atoms with E-state index in [2.05, 4.69) is 22.2 Å². The quantitative estimate of drug-likeness (QED) is 0.906. The van der Waals surface area contributed by atoms with Gasteiger partial charge in [-0.3, -0.25) is 9.59 Å². The number of carbonyl (C=O) groups excluding carboxylic acids is 1. The van der Waals surface area contributed by atoms with Crippen molar-refractivity contribution in [3.05, 3.63) is 49.8 Å². The smallest absolute Gasteiger partial charge is 0.257 e. The number of thiazole rings is 1. The summed E-state index contributed by atoms with van der Waals surface area (Å²) < 4.78 is 0. The Bertz CT molecular complexity index is 675. The number of nitrogens with zero attached hydrogens (tertiary/aromatic N) is 1. The first-order chi connectivity index (χ1) is 9.51. The summed E-state index contributed by atoms with van der Waals surface area (Å²) in [4.78, 5) is 32.2. The average molecular weight is 291 g/mol. The van der Waals surface area contributed by atoms with E-state index in [0.717, 1.165) is 17.1 Å². The third-order valence-electron chi connectivity index (χ3n) is 2.94. The van der Waals surface area contributed by atoms with Crippen molar-refractivity contribution in [3.63, 3.8) is 0 Å². The normalized spacial score (nSPS) is 12.2. The second-order valence-corrected chi connectivity index (χ2v) is 5.75. The highest BCUT2D eigenvalue weighted by atomic mass is 32.1. The zero-order valence-corrected chi connectivity index (χ0v) is 12.5. The molecule has 0 saturated heterocycles. The van der Waals surface area contributed by atoms with Crippen LogP contribution in [0, 0.1) is 6.92 Å². The molecule has 0 aliphatic rings. The molecule has 0 radical (unpaired) electrons. The van der Waals surface area contributed by atoms with E-state index in [1.807, 2.05) is 13.1 Å². The lowest BCUT2D eigenvalue weighted by Crippen LogP contribution is -2.30. The van der Waals surface area contributed by atoms with Crippen molar-refractivity contribution in [1.82, 2.24) is 15.3 Å². The van der Waals surface area contributed by atoms with Gasteiger partial charge in [-0.05, 0) is 20.3 Å². The number of aryl methyl sites for hydroxylation is 2. The minimum atomic E-state index is -0.382. The van der Waals surface area contributed by atoms with Crippen molar-refractivity contribution in [2.45, 2.75) is 33.2 Å². The molecule has 0 aromatic carbocycles. The van der Waals surface area contributed by atoms with E-state index in [1.54, 1.807) is 18.3 Å². The molecule has 0 aliphatic heterocycles. The number of aromatic amines is 1. The Balaban J connectivity index is 2.12. The summed E-state index contributed by atoms with van der Waals surface area (Å²) in [6.45, 7) is 5.69. The topological polar surface area (TPSA) is 74.8 Å². The number of hydrogen-bond acceptors (Lipinski definition) is 4. The predicted octanol–water partition coefficient (Wildman–Crippen LogP) is 2.19. The van der Waals surface area contributed by atoms with Crippen LogP contribution in [0.1, 0.15) is 45.8 Å². The van der Waals surface area contributed by atoms with Crippen LogP contribution < -0.4 is 10.7 Å². The van der Waals surface area contributed by atoms with Crippen LogP contribution in [0.5, 0.6) is 0 Å². The lowest BCUT2D eigenvalue weighted by Gasteiger charge is -2.10. The fraction of sp³-hybridized carbons (Fsp3) is 0.357. The van der Waals surface area contributed by atoms with Gasteiger partial charge in [0.1, 0.15) is 10.6 Å². The van der Waals surface area contributed by atoms with Gasteiger partial charge in [0.15, 0.2) is 5.43 Å². The number of rotatable bonds is 4. The Morgan fingerprint density at radius 3 is 2.90 bits per heavy atom. The van der Waals surface area contributed by atoms with Crippen LogP contribution in [-0.4, -0.2) is 15.9 Å². The summed E-state index contributed by atoms with van der Waals surface area (Å²) >= 11 is 1.57. The van der Waals surface area contributed by atoms with Crippen LogP contribution in [0.2, 0.25) is 0 Å². The summed E-state index contributed by atoms with van der Waals surface area (Å²) in [5.74, 6) is -0.382. The maximum absolute atomic E-state index is 12.1. The minimum Gasteiger partial charge on any atom is -0.364 e. The zero-order valence-electron chi connectivity index (χ0n) is 11.7. The maximum Gasteiger partial charge on any atom is 0.257 e. The van der Waals surface area contributed by atoms with Gasteiger partial charge in [0.2, 0.25) is 0 Å². The molecule has 0 spiro atoms. The third-order valence-corrected chi connectivity index (χ3v) is 4.26.